The van der Waals surface area contributed by atoms with E-state index >= 15 is 0 Å². The van der Waals surface area contributed by atoms with Crippen molar-refractivity contribution in [1.82, 2.24) is 15.2 Å². The van der Waals surface area contributed by atoms with Crippen LogP contribution in [0.25, 0.3) is 0 Å². The first-order chi connectivity index (χ1) is 12.1. The number of thioether (sulfide) groups is 1. The highest BCUT2D eigenvalue weighted by Crippen LogP contribution is 2.21. The molecule has 2 aromatic heterocycles. The second-order valence-corrected chi connectivity index (χ2v) is 7.78. The smallest absolute Gasteiger partial charge is 0.237 e. The number of amides is 1. The van der Waals surface area contributed by atoms with Crippen LogP contribution in [0.5, 0.6) is 0 Å². The van der Waals surface area contributed by atoms with Crippen molar-refractivity contribution in [2.75, 3.05) is 10.7 Å². The van der Waals surface area contributed by atoms with Gasteiger partial charge in [-0.05, 0) is 37.4 Å². The van der Waals surface area contributed by atoms with Gasteiger partial charge in [0.05, 0.1) is 5.75 Å². The van der Waals surface area contributed by atoms with Crippen LogP contribution in [0.3, 0.4) is 0 Å². The van der Waals surface area contributed by atoms with Crippen molar-refractivity contribution in [2.24, 2.45) is 0 Å². The number of rotatable bonds is 7. The molecule has 0 aliphatic rings. The van der Waals surface area contributed by atoms with Crippen LogP contribution in [-0.2, 0) is 11.2 Å². The first-order valence-corrected chi connectivity index (χ1v) is 9.93. The highest BCUT2D eigenvalue weighted by molar-refractivity contribution is 7.99. The summed E-state index contributed by atoms with van der Waals surface area (Å²) in [6.45, 7) is 4.03. The number of aromatic amines is 1. The van der Waals surface area contributed by atoms with Gasteiger partial charge in [-0.25, -0.2) is 4.98 Å². The van der Waals surface area contributed by atoms with Crippen molar-refractivity contribution in [3.63, 3.8) is 0 Å². The topological polar surface area (TPSA) is 61.9 Å². The fraction of sp³-hybridized carbons (Fsp3) is 0.278. The molecule has 0 radical (unpaired) electrons. The summed E-state index contributed by atoms with van der Waals surface area (Å²) in [6, 6.07) is 13.9. The van der Waals surface area contributed by atoms with Gasteiger partial charge in [0, 0.05) is 23.0 Å². The molecule has 0 aliphatic heterocycles. The summed E-state index contributed by atoms with van der Waals surface area (Å²) in [4.78, 5) is 20.2. The van der Waals surface area contributed by atoms with E-state index in [9.17, 15) is 4.79 Å². The molecule has 5 nitrogen and oxygen atoms in total. The highest BCUT2D eigenvalue weighted by Gasteiger charge is 2.19. The Kier molecular flexibility index (Phi) is 5.88. The van der Waals surface area contributed by atoms with Crippen LogP contribution in [0.2, 0.25) is 0 Å². The van der Waals surface area contributed by atoms with Crippen molar-refractivity contribution in [3.8, 4) is 0 Å². The summed E-state index contributed by atoms with van der Waals surface area (Å²) < 4.78 is 0. The summed E-state index contributed by atoms with van der Waals surface area (Å²) >= 11 is 3.06. The number of H-pyrrole nitrogens is 1. The van der Waals surface area contributed by atoms with Crippen LogP contribution >= 0.6 is 23.1 Å². The van der Waals surface area contributed by atoms with Crippen LogP contribution in [-0.4, -0.2) is 32.9 Å². The summed E-state index contributed by atoms with van der Waals surface area (Å²) in [6.07, 6.45) is 0.737. The predicted molar refractivity (Wildman–Crippen MR) is 103 cm³/mol. The molecule has 3 aromatic rings. The van der Waals surface area contributed by atoms with Gasteiger partial charge >= 0.3 is 0 Å². The molecule has 1 aromatic carbocycles. The Morgan fingerprint density at radius 1 is 1.24 bits per heavy atom. The van der Waals surface area contributed by atoms with E-state index in [0.717, 1.165) is 17.9 Å². The van der Waals surface area contributed by atoms with Crippen LogP contribution in [0.4, 0.5) is 5.69 Å². The summed E-state index contributed by atoms with van der Waals surface area (Å²) in [5, 5.41) is 9.81. The minimum absolute atomic E-state index is 0.0517. The zero-order chi connectivity index (χ0) is 17.6. The van der Waals surface area contributed by atoms with Crippen molar-refractivity contribution in [3.05, 3.63) is 58.5 Å². The lowest BCUT2D eigenvalue weighted by molar-refractivity contribution is -0.116. The molecule has 0 bridgehead atoms. The Labute approximate surface area is 155 Å². The average Bonchev–Trinajstić information content (AvgIpc) is 3.26. The fourth-order valence-corrected chi connectivity index (χ4v) is 3.90. The summed E-state index contributed by atoms with van der Waals surface area (Å²) in [7, 11) is 0. The van der Waals surface area contributed by atoms with Crippen molar-refractivity contribution in [2.45, 2.75) is 31.5 Å². The molecule has 0 aliphatic carbocycles. The van der Waals surface area contributed by atoms with Crippen LogP contribution < -0.4 is 4.90 Å². The van der Waals surface area contributed by atoms with Gasteiger partial charge < -0.3 is 4.90 Å². The number of aromatic nitrogens is 3. The summed E-state index contributed by atoms with van der Waals surface area (Å²) in [5.74, 6) is 1.18. The Hall–Kier alpha value is -2.12. The van der Waals surface area contributed by atoms with E-state index < -0.39 is 0 Å². The number of thiophene rings is 1. The van der Waals surface area contributed by atoms with Gasteiger partial charge in [-0.15, -0.1) is 16.4 Å². The molecule has 25 heavy (non-hydrogen) atoms. The molecule has 0 unspecified atom stereocenters. The Bertz CT molecular complexity index is 800. The number of anilines is 1. The SMILES string of the molecule is CC(C)N(C(=O)CSc1n[nH]c(Cc2cccs2)n1)c1ccccc1. The molecule has 7 heteroatoms. The molecule has 0 saturated carbocycles. The van der Waals surface area contributed by atoms with Crippen LogP contribution in [0.1, 0.15) is 24.5 Å². The third-order valence-corrected chi connectivity index (χ3v) is 5.29. The lowest BCUT2D eigenvalue weighted by atomic mass is 10.2. The first kappa shape index (κ1) is 17.7. The van der Waals surface area contributed by atoms with Crippen molar-refractivity contribution in [1.29, 1.82) is 0 Å². The van der Waals surface area contributed by atoms with E-state index in [1.54, 1.807) is 11.3 Å². The molecule has 0 spiro atoms. The van der Waals surface area contributed by atoms with Gasteiger partial charge in [0.2, 0.25) is 11.1 Å². The van der Waals surface area contributed by atoms with E-state index in [2.05, 4.69) is 21.2 Å². The number of nitrogens with zero attached hydrogens (tertiary/aromatic N) is 3. The standard InChI is InChI=1S/C18H20N4OS2/c1-13(2)22(14-7-4-3-5-8-14)17(23)12-25-18-19-16(20-21-18)11-15-9-6-10-24-15/h3-10,13H,11-12H2,1-2H3,(H,19,20,21). The van der Waals surface area contributed by atoms with E-state index in [1.165, 1.54) is 16.6 Å². The highest BCUT2D eigenvalue weighted by atomic mass is 32.2. The van der Waals surface area contributed by atoms with Gasteiger partial charge in [0.15, 0.2) is 0 Å². The summed E-state index contributed by atoms with van der Waals surface area (Å²) in [5.41, 5.74) is 0.913. The molecule has 1 N–H and O–H groups in total. The molecule has 3 rings (SSSR count). The monoisotopic (exact) mass is 372 g/mol. The molecule has 0 saturated heterocycles. The Morgan fingerprint density at radius 2 is 2.04 bits per heavy atom. The maximum absolute atomic E-state index is 12.7. The minimum atomic E-state index is 0.0517. The second kappa shape index (κ2) is 8.31. The maximum atomic E-state index is 12.7. The molecule has 2 heterocycles. The normalized spacial score (nSPS) is 11.0. The Balaban J connectivity index is 1.60. The average molecular weight is 373 g/mol. The van der Waals surface area contributed by atoms with Gasteiger partial charge in [-0.2, -0.15) is 0 Å². The first-order valence-electron chi connectivity index (χ1n) is 8.07. The predicted octanol–water partition coefficient (Wildman–Crippen LogP) is 3.99. The molecular formula is C18H20N4OS2. The van der Waals surface area contributed by atoms with Gasteiger partial charge in [0.1, 0.15) is 5.82 Å². The number of hydrogen-bond donors (Lipinski definition) is 1. The quantitative estimate of drug-likeness (QED) is 0.637. The van der Waals surface area contributed by atoms with Crippen molar-refractivity contribution >= 4 is 34.7 Å². The van der Waals surface area contributed by atoms with Gasteiger partial charge in [-0.3, -0.25) is 9.89 Å². The number of benzene rings is 1. The largest absolute Gasteiger partial charge is 0.309 e. The molecule has 1 amide bonds. The van der Waals surface area contributed by atoms with Crippen LogP contribution in [0, 0.1) is 0 Å². The minimum Gasteiger partial charge on any atom is -0.309 e. The molecule has 130 valence electrons. The van der Waals surface area contributed by atoms with Gasteiger partial charge in [-0.1, -0.05) is 36.0 Å². The van der Waals surface area contributed by atoms with Crippen LogP contribution in [0.15, 0.2) is 53.0 Å². The maximum Gasteiger partial charge on any atom is 0.237 e. The van der Waals surface area contributed by atoms with E-state index in [4.69, 9.17) is 0 Å². The fourth-order valence-electron chi connectivity index (χ4n) is 2.51. The van der Waals surface area contributed by atoms with Crippen molar-refractivity contribution < 1.29 is 4.79 Å². The van der Waals surface area contributed by atoms with E-state index in [1.807, 2.05) is 60.5 Å². The van der Waals surface area contributed by atoms with Gasteiger partial charge in [0.25, 0.3) is 0 Å². The second-order valence-electron chi connectivity index (χ2n) is 5.80. The third kappa shape index (κ3) is 4.70. The Morgan fingerprint density at radius 3 is 2.72 bits per heavy atom. The number of hydrogen-bond acceptors (Lipinski definition) is 5. The van der Waals surface area contributed by atoms with E-state index in [-0.39, 0.29) is 11.9 Å². The zero-order valence-corrected chi connectivity index (χ0v) is 15.8. The molecule has 0 atom stereocenters. The molecule has 0 fully saturated rings. The number of carbonyl (C=O) groups excluding carboxylic acids is 1. The van der Waals surface area contributed by atoms with E-state index in [0.29, 0.717) is 10.9 Å². The molecular weight excluding hydrogens is 352 g/mol. The number of para-hydroxylation sites is 1. The third-order valence-electron chi connectivity index (χ3n) is 3.58. The lowest BCUT2D eigenvalue weighted by Gasteiger charge is -2.26. The number of carbonyl (C=O) groups is 1. The lowest BCUT2D eigenvalue weighted by Crippen LogP contribution is -2.38. The zero-order valence-electron chi connectivity index (χ0n) is 14.2. The number of nitrogens with one attached hydrogen (secondary N) is 1.